The molecule has 0 aliphatic carbocycles. The number of hydrogen-bond acceptors (Lipinski definition) is 6. The van der Waals surface area contributed by atoms with Crippen LogP contribution in [0.2, 0.25) is 0 Å². The molecule has 2 aromatic heterocycles. The molecule has 0 amide bonds. The summed E-state index contributed by atoms with van der Waals surface area (Å²) in [5.41, 5.74) is 11.3. The fraction of sp³-hybridized carbons (Fsp3) is 0.167. The Hall–Kier alpha value is -2.50. The van der Waals surface area contributed by atoms with Crippen LogP contribution in [0.15, 0.2) is 36.7 Å². The summed E-state index contributed by atoms with van der Waals surface area (Å²) in [5.74, 6) is 1.80. The number of nitrogens with zero attached hydrogens (tertiary/aromatic N) is 2. The Morgan fingerprint density at radius 1 is 0.833 bits per heavy atom. The minimum atomic E-state index is 0.351. The molecule has 2 aromatic rings. The van der Waals surface area contributed by atoms with Crippen molar-refractivity contribution in [2.24, 2.45) is 0 Å². The summed E-state index contributed by atoms with van der Waals surface area (Å²) in [6, 6.07) is 7.01. The maximum atomic E-state index is 5.63. The van der Waals surface area contributed by atoms with Crippen LogP contribution in [0.3, 0.4) is 0 Å². The Balaban J connectivity index is 1.80. The zero-order valence-corrected chi connectivity index (χ0v) is 9.74. The second kappa shape index (κ2) is 5.72. The van der Waals surface area contributed by atoms with Gasteiger partial charge in [-0.15, -0.1) is 0 Å². The molecule has 0 unspecified atom stereocenters. The minimum absolute atomic E-state index is 0.351. The zero-order chi connectivity index (χ0) is 12.8. The number of anilines is 2. The highest BCUT2D eigenvalue weighted by molar-refractivity contribution is 5.45. The second-order valence-corrected chi connectivity index (χ2v) is 3.47. The topological polar surface area (TPSA) is 96.3 Å². The molecule has 4 N–H and O–H groups in total. The van der Waals surface area contributed by atoms with Gasteiger partial charge >= 0.3 is 0 Å². The molecular formula is C12H14N4O2. The summed E-state index contributed by atoms with van der Waals surface area (Å²) >= 11 is 0. The molecule has 0 fully saturated rings. The fourth-order valence-corrected chi connectivity index (χ4v) is 1.35. The molecule has 0 saturated carbocycles. The molecule has 0 bridgehead atoms. The molecule has 0 saturated heterocycles. The lowest BCUT2D eigenvalue weighted by atomic mass is 10.4. The number of rotatable bonds is 5. The van der Waals surface area contributed by atoms with Gasteiger partial charge in [0, 0.05) is 12.4 Å². The van der Waals surface area contributed by atoms with Gasteiger partial charge in [-0.1, -0.05) is 0 Å². The number of nitrogens with two attached hydrogens (primary N) is 2. The minimum Gasteiger partial charge on any atom is -0.486 e. The number of hydrogen-bond donors (Lipinski definition) is 2. The highest BCUT2D eigenvalue weighted by Crippen LogP contribution is 2.18. The highest BCUT2D eigenvalue weighted by Gasteiger charge is 2.02. The van der Waals surface area contributed by atoms with Crippen LogP contribution >= 0.6 is 0 Å². The van der Waals surface area contributed by atoms with E-state index in [2.05, 4.69) is 9.97 Å². The van der Waals surface area contributed by atoms with Gasteiger partial charge in [0.2, 0.25) is 0 Å². The van der Waals surface area contributed by atoms with E-state index in [9.17, 15) is 0 Å². The summed E-state index contributed by atoms with van der Waals surface area (Å²) < 4.78 is 10.8. The third-order valence-electron chi connectivity index (χ3n) is 2.20. The highest BCUT2D eigenvalue weighted by atomic mass is 16.5. The van der Waals surface area contributed by atoms with Crippen molar-refractivity contribution in [1.29, 1.82) is 0 Å². The van der Waals surface area contributed by atoms with Gasteiger partial charge in [0.15, 0.2) is 23.1 Å². The number of ether oxygens (including phenoxy) is 2. The predicted octanol–water partition coefficient (Wildman–Crippen LogP) is 1.10. The van der Waals surface area contributed by atoms with Crippen molar-refractivity contribution in [3.05, 3.63) is 36.7 Å². The Labute approximate surface area is 105 Å². The summed E-state index contributed by atoms with van der Waals surface area (Å²) in [4.78, 5) is 7.82. The molecule has 18 heavy (non-hydrogen) atoms. The van der Waals surface area contributed by atoms with E-state index >= 15 is 0 Å². The molecule has 94 valence electrons. The molecule has 0 aliphatic heterocycles. The molecule has 6 heteroatoms. The number of aromatic nitrogens is 2. The van der Waals surface area contributed by atoms with Crippen LogP contribution in [0.1, 0.15) is 0 Å². The molecule has 0 aliphatic rings. The maximum absolute atomic E-state index is 5.63. The summed E-state index contributed by atoms with van der Waals surface area (Å²) in [7, 11) is 0. The first-order chi connectivity index (χ1) is 8.77. The first kappa shape index (κ1) is 12.0. The van der Waals surface area contributed by atoms with E-state index in [0.717, 1.165) is 0 Å². The lowest BCUT2D eigenvalue weighted by molar-refractivity contribution is 0.218. The Bertz CT molecular complexity index is 471. The Kier molecular flexibility index (Phi) is 3.80. The second-order valence-electron chi connectivity index (χ2n) is 3.47. The Morgan fingerprint density at radius 3 is 1.67 bits per heavy atom. The van der Waals surface area contributed by atoms with Gasteiger partial charge in [-0.25, -0.2) is 9.97 Å². The fourth-order valence-electron chi connectivity index (χ4n) is 1.35. The zero-order valence-electron chi connectivity index (χ0n) is 9.74. The Morgan fingerprint density at radius 2 is 1.28 bits per heavy atom. The van der Waals surface area contributed by atoms with Crippen molar-refractivity contribution in [1.82, 2.24) is 9.97 Å². The van der Waals surface area contributed by atoms with E-state index < -0.39 is 0 Å². The summed E-state index contributed by atoms with van der Waals surface area (Å²) in [6.45, 7) is 0.703. The largest absolute Gasteiger partial charge is 0.486 e. The van der Waals surface area contributed by atoms with Crippen molar-refractivity contribution in [3.63, 3.8) is 0 Å². The smallest absolute Gasteiger partial charge is 0.166 e. The maximum Gasteiger partial charge on any atom is 0.166 e. The quantitative estimate of drug-likeness (QED) is 0.767. The van der Waals surface area contributed by atoms with E-state index in [1.165, 1.54) is 0 Å². The van der Waals surface area contributed by atoms with Crippen LogP contribution in [0.5, 0.6) is 11.5 Å². The van der Waals surface area contributed by atoms with Gasteiger partial charge in [-0.05, 0) is 24.3 Å². The SMILES string of the molecule is Nc1ncccc1OCCOc1cccnc1N. The monoisotopic (exact) mass is 246 g/mol. The van der Waals surface area contributed by atoms with E-state index in [0.29, 0.717) is 36.3 Å². The summed E-state index contributed by atoms with van der Waals surface area (Å²) in [5, 5.41) is 0. The van der Waals surface area contributed by atoms with Gasteiger partial charge < -0.3 is 20.9 Å². The molecule has 0 radical (unpaired) electrons. The molecule has 2 rings (SSSR count). The number of pyridine rings is 2. The van der Waals surface area contributed by atoms with Crippen LogP contribution < -0.4 is 20.9 Å². The predicted molar refractivity (Wildman–Crippen MR) is 68.3 cm³/mol. The van der Waals surface area contributed by atoms with E-state index in [4.69, 9.17) is 20.9 Å². The molecule has 6 nitrogen and oxygen atoms in total. The van der Waals surface area contributed by atoms with E-state index in [-0.39, 0.29) is 0 Å². The van der Waals surface area contributed by atoms with Gasteiger partial charge in [0.05, 0.1) is 0 Å². The van der Waals surface area contributed by atoms with Gasteiger partial charge in [0.25, 0.3) is 0 Å². The lowest BCUT2D eigenvalue weighted by Gasteiger charge is -2.10. The first-order valence-corrected chi connectivity index (χ1v) is 5.44. The van der Waals surface area contributed by atoms with Gasteiger partial charge in [-0.3, -0.25) is 0 Å². The average molecular weight is 246 g/mol. The molecular weight excluding hydrogens is 232 g/mol. The van der Waals surface area contributed by atoms with Crippen molar-refractivity contribution in [3.8, 4) is 11.5 Å². The molecule has 0 aromatic carbocycles. The summed E-state index contributed by atoms with van der Waals surface area (Å²) in [6.07, 6.45) is 3.21. The standard InChI is InChI=1S/C12H14N4O2/c13-11-9(3-1-5-15-11)17-7-8-18-10-4-2-6-16-12(10)14/h1-6H,7-8H2,(H2,13,15)(H2,14,16). The van der Waals surface area contributed by atoms with Crippen molar-refractivity contribution < 1.29 is 9.47 Å². The van der Waals surface area contributed by atoms with Gasteiger partial charge in [-0.2, -0.15) is 0 Å². The average Bonchev–Trinajstić information content (AvgIpc) is 2.38. The molecule has 0 atom stereocenters. The number of nitrogen functional groups attached to an aromatic ring is 2. The van der Waals surface area contributed by atoms with Crippen LogP contribution in [-0.2, 0) is 0 Å². The lowest BCUT2D eigenvalue weighted by Crippen LogP contribution is -2.11. The van der Waals surface area contributed by atoms with E-state index in [1.807, 2.05) is 0 Å². The van der Waals surface area contributed by atoms with Crippen molar-refractivity contribution >= 4 is 11.6 Å². The van der Waals surface area contributed by atoms with Crippen molar-refractivity contribution in [2.45, 2.75) is 0 Å². The van der Waals surface area contributed by atoms with Gasteiger partial charge in [0.1, 0.15) is 13.2 Å². The third-order valence-corrected chi connectivity index (χ3v) is 2.20. The van der Waals surface area contributed by atoms with Crippen LogP contribution in [-0.4, -0.2) is 23.2 Å². The van der Waals surface area contributed by atoms with Crippen molar-refractivity contribution in [2.75, 3.05) is 24.7 Å². The van der Waals surface area contributed by atoms with E-state index in [1.54, 1.807) is 36.7 Å². The first-order valence-electron chi connectivity index (χ1n) is 5.44. The normalized spacial score (nSPS) is 10.0. The van der Waals surface area contributed by atoms with Crippen LogP contribution in [0.4, 0.5) is 11.6 Å². The third kappa shape index (κ3) is 3.00. The molecule has 2 heterocycles. The van der Waals surface area contributed by atoms with Crippen LogP contribution in [0.25, 0.3) is 0 Å². The van der Waals surface area contributed by atoms with Crippen LogP contribution in [0, 0.1) is 0 Å². The molecule has 0 spiro atoms.